The molecule has 0 spiro atoms. The summed E-state index contributed by atoms with van der Waals surface area (Å²) in [5.41, 5.74) is 7.05. The Labute approximate surface area is 143 Å². The first kappa shape index (κ1) is 15.8. The molecule has 2 aromatic carbocycles. The summed E-state index contributed by atoms with van der Waals surface area (Å²) >= 11 is 11.7. The van der Waals surface area contributed by atoms with Gasteiger partial charge in [0.25, 0.3) is 0 Å². The van der Waals surface area contributed by atoms with Crippen molar-refractivity contribution in [3.05, 3.63) is 75.8 Å². The Morgan fingerprint density at radius 1 is 1.00 bits per heavy atom. The molecule has 0 aliphatic heterocycles. The van der Waals surface area contributed by atoms with Crippen molar-refractivity contribution in [1.29, 1.82) is 0 Å². The molecule has 0 aliphatic rings. The van der Waals surface area contributed by atoms with Crippen LogP contribution >= 0.6 is 23.2 Å². The molecule has 0 aliphatic carbocycles. The van der Waals surface area contributed by atoms with Gasteiger partial charge in [0.15, 0.2) is 11.6 Å². The predicted molar refractivity (Wildman–Crippen MR) is 89.6 cm³/mol. The topological polar surface area (TPSA) is 76.8 Å². The summed E-state index contributed by atoms with van der Waals surface area (Å²) in [6.45, 7) is 0.266. The summed E-state index contributed by atoms with van der Waals surface area (Å²) in [6.07, 6.45) is 0. The van der Waals surface area contributed by atoms with Crippen molar-refractivity contribution in [2.75, 3.05) is 0 Å². The maximum atomic E-state index is 6.16. The molecule has 1 aromatic heterocycles. The van der Waals surface area contributed by atoms with Crippen LogP contribution in [0, 0.1) is 0 Å². The quantitative estimate of drug-likeness (QED) is 0.736. The second kappa shape index (κ2) is 7.00. The van der Waals surface area contributed by atoms with Crippen LogP contribution in [0.1, 0.15) is 23.3 Å². The molecular weight excluding hydrogens is 335 g/mol. The van der Waals surface area contributed by atoms with Crippen LogP contribution in [0.15, 0.2) is 48.5 Å². The number of rotatable bonds is 5. The van der Waals surface area contributed by atoms with Crippen molar-refractivity contribution in [3.8, 4) is 5.75 Å². The predicted octanol–water partition coefficient (Wildman–Crippen LogP) is 3.74. The van der Waals surface area contributed by atoms with Crippen LogP contribution in [0.2, 0.25) is 10.0 Å². The van der Waals surface area contributed by atoms with Gasteiger partial charge in [0, 0.05) is 10.0 Å². The largest absolute Gasteiger partial charge is 0.486 e. The normalized spacial score (nSPS) is 12.1. The van der Waals surface area contributed by atoms with E-state index in [0.717, 1.165) is 5.56 Å². The molecule has 0 amide bonds. The van der Waals surface area contributed by atoms with Crippen LogP contribution in [-0.2, 0) is 6.61 Å². The molecule has 0 radical (unpaired) electrons. The van der Waals surface area contributed by atoms with Crippen LogP contribution in [0.5, 0.6) is 5.75 Å². The van der Waals surface area contributed by atoms with Gasteiger partial charge in [-0.25, -0.2) is 4.98 Å². The van der Waals surface area contributed by atoms with Crippen molar-refractivity contribution in [1.82, 2.24) is 15.2 Å². The lowest BCUT2D eigenvalue weighted by Crippen LogP contribution is -2.13. The first-order valence-electron chi connectivity index (χ1n) is 6.92. The van der Waals surface area contributed by atoms with Crippen molar-refractivity contribution < 1.29 is 4.74 Å². The molecule has 5 nitrogen and oxygen atoms in total. The third kappa shape index (κ3) is 4.01. The maximum absolute atomic E-state index is 6.16. The smallest absolute Gasteiger partial charge is 0.172 e. The number of hydrogen-bond donors (Lipinski definition) is 2. The molecule has 7 heteroatoms. The molecule has 23 heavy (non-hydrogen) atoms. The second-order valence-corrected chi connectivity index (χ2v) is 5.78. The van der Waals surface area contributed by atoms with Gasteiger partial charge in [-0.15, -0.1) is 0 Å². The highest BCUT2D eigenvalue weighted by Gasteiger charge is 2.14. The lowest BCUT2D eigenvalue weighted by Gasteiger charge is -2.07. The zero-order chi connectivity index (χ0) is 16.2. The molecule has 0 bridgehead atoms. The maximum Gasteiger partial charge on any atom is 0.172 e. The van der Waals surface area contributed by atoms with E-state index in [2.05, 4.69) is 15.2 Å². The number of nitrogens with zero attached hydrogens (tertiary/aromatic N) is 2. The van der Waals surface area contributed by atoms with E-state index in [1.807, 2.05) is 12.1 Å². The van der Waals surface area contributed by atoms with Crippen LogP contribution in [0.4, 0.5) is 0 Å². The average molecular weight is 349 g/mol. The van der Waals surface area contributed by atoms with Gasteiger partial charge < -0.3 is 10.5 Å². The molecule has 0 unspecified atom stereocenters. The lowest BCUT2D eigenvalue weighted by atomic mass is 10.1. The van der Waals surface area contributed by atoms with E-state index in [4.69, 9.17) is 33.7 Å². The molecule has 3 rings (SSSR count). The number of halogens is 2. The van der Waals surface area contributed by atoms with E-state index in [0.29, 0.717) is 27.4 Å². The molecule has 0 fully saturated rings. The fourth-order valence-electron chi connectivity index (χ4n) is 2.02. The molecular formula is C16H14Cl2N4O. The lowest BCUT2D eigenvalue weighted by molar-refractivity contribution is 0.296. The Morgan fingerprint density at radius 3 is 2.26 bits per heavy atom. The van der Waals surface area contributed by atoms with Gasteiger partial charge in [0.2, 0.25) is 0 Å². The van der Waals surface area contributed by atoms with Crippen molar-refractivity contribution >= 4 is 23.2 Å². The van der Waals surface area contributed by atoms with E-state index in [1.54, 1.807) is 36.4 Å². The van der Waals surface area contributed by atoms with E-state index >= 15 is 0 Å². The van der Waals surface area contributed by atoms with Crippen LogP contribution in [0.25, 0.3) is 0 Å². The third-order valence-corrected chi connectivity index (χ3v) is 3.75. The van der Waals surface area contributed by atoms with E-state index in [-0.39, 0.29) is 6.61 Å². The van der Waals surface area contributed by atoms with Gasteiger partial charge >= 0.3 is 0 Å². The molecule has 3 N–H and O–H groups in total. The zero-order valence-electron chi connectivity index (χ0n) is 12.0. The molecule has 3 aromatic rings. The minimum absolute atomic E-state index is 0.266. The Hall–Kier alpha value is -2.08. The van der Waals surface area contributed by atoms with Crippen molar-refractivity contribution in [2.24, 2.45) is 5.73 Å². The summed E-state index contributed by atoms with van der Waals surface area (Å²) in [7, 11) is 0. The Balaban J connectivity index is 1.65. The summed E-state index contributed by atoms with van der Waals surface area (Å²) in [5.74, 6) is 1.80. The highest BCUT2D eigenvalue weighted by Crippen LogP contribution is 2.19. The highest BCUT2D eigenvalue weighted by molar-refractivity contribution is 6.30. The van der Waals surface area contributed by atoms with Gasteiger partial charge in [-0.1, -0.05) is 35.3 Å². The van der Waals surface area contributed by atoms with Gasteiger partial charge in [0.05, 0.1) is 6.04 Å². The first-order chi connectivity index (χ1) is 11.1. The Kier molecular flexibility index (Phi) is 4.81. The van der Waals surface area contributed by atoms with Gasteiger partial charge in [-0.3, -0.25) is 5.10 Å². The summed E-state index contributed by atoms with van der Waals surface area (Å²) < 4.78 is 5.61. The minimum atomic E-state index is -0.423. The molecule has 118 valence electrons. The number of aromatic amines is 1. The first-order valence-corrected chi connectivity index (χ1v) is 7.68. The monoisotopic (exact) mass is 348 g/mol. The van der Waals surface area contributed by atoms with Gasteiger partial charge in [-0.05, 0) is 42.0 Å². The summed E-state index contributed by atoms with van der Waals surface area (Å²) in [6, 6.07) is 14.0. The Bertz CT molecular complexity index is 772. The van der Waals surface area contributed by atoms with Crippen molar-refractivity contribution in [3.63, 3.8) is 0 Å². The number of aromatic nitrogens is 3. The van der Waals surface area contributed by atoms with Crippen LogP contribution in [0.3, 0.4) is 0 Å². The summed E-state index contributed by atoms with van der Waals surface area (Å²) in [4.78, 5) is 4.37. The van der Waals surface area contributed by atoms with Crippen LogP contribution in [-0.4, -0.2) is 15.2 Å². The van der Waals surface area contributed by atoms with Crippen LogP contribution < -0.4 is 10.5 Å². The van der Waals surface area contributed by atoms with Gasteiger partial charge in [0.1, 0.15) is 12.4 Å². The number of nitrogens with one attached hydrogen (secondary N) is 1. The molecule has 1 atom stereocenters. The molecule has 0 saturated heterocycles. The molecule has 0 saturated carbocycles. The third-order valence-electron chi connectivity index (χ3n) is 3.25. The SMILES string of the molecule is N[C@H](c1ccc(Cl)cc1)c1n[nH]c(COc2ccc(Cl)cc2)n1. The fourth-order valence-corrected chi connectivity index (χ4v) is 2.27. The number of ether oxygens (including phenoxy) is 1. The standard InChI is InChI=1S/C16H14Cl2N4O/c17-11-3-1-10(2-4-11)15(19)16-20-14(21-22-16)9-23-13-7-5-12(18)6-8-13/h1-8,15H,9,19H2,(H,20,21,22)/t15-/m1/s1. The highest BCUT2D eigenvalue weighted by atomic mass is 35.5. The molecule has 1 heterocycles. The zero-order valence-corrected chi connectivity index (χ0v) is 13.6. The minimum Gasteiger partial charge on any atom is -0.486 e. The van der Waals surface area contributed by atoms with Gasteiger partial charge in [-0.2, -0.15) is 5.10 Å². The van der Waals surface area contributed by atoms with E-state index < -0.39 is 6.04 Å². The number of hydrogen-bond acceptors (Lipinski definition) is 4. The average Bonchev–Trinajstić information content (AvgIpc) is 3.03. The summed E-state index contributed by atoms with van der Waals surface area (Å²) in [5, 5.41) is 8.30. The number of H-pyrrole nitrogens is 1. The number of nitrogens with two attached hydrogens (primary N) is 1. The fraction of sp³-hybridized carbons (Fsp3) is 0.125. The van der Waals surface area contributed by atoms with E-state index in [1.165, 1.54) is 0 Å². The second-order valence-electron chi connectivity index (χ2n) is 4.91. The Morgan fingerprint density at radius 2 is 1.61 bits per heavy atom. The number of benzene rings is 2. The van der Waals surface area contributed by atoms with E-state index in [9.17, 15) is 0 Å². The van der Waals surface area contributed by atoms with Crippen molar-refractivity contribution in [2.45, 2.75) is 12.6 Å².